The minimum Gasteiger partial charge on any atom is -0.444 e. The van der Waals surface area contributed by atoms with Crippen LogP contribution in [0.1, 0.15) is 47.0 Å². The van der Waals surface area contributed by atoms with E-state index in [0.29, 0.717) is 6.04 Å². The molecule has 1 fully saturated rings. The Kier molecular flexibility index (Phi) is 8.63. The first-order valence-corrected chi connectivity index (χ1v) is 8.86. The van der Waals surface area contributed by atoms with Crippen molar-refractivity contribution in [1.82, 2.24) is 15.1 Å². The van der Waals surface area contributed by atoms with Gasteiger partial charge in [0.2, 0.25) is 0 Å². The van der Waals surface area contributed by atoms with Crippen molar-refractivity contribution in [3.63, 3.8) is 0 Å². The number of allylic oxidation sites excluding steroid dienone is 1. The van der Waals surface area contributed by atoms with Crippen LogP contribution in [0.4, 0.5) is 4.79 Å². The maximum atomic E-state index is 12.0. The van der Waals surface area contributed by atoms with Crippen LogP contribution in [0.15, 0.2) is 12.7 Å². The van der Waals surface area contributed by atoms with E-state index in [-0.39, 0.29) is 6.09 Å². The average molecular weight is 325 g/mol. The van der Waals surface area contributed by atoms with Gasteiger partial charge in [-0.25, -0.2) is 4.79 Å². The number of hydrogen-bond donors (Lipinski definition) is 1. The Morgan fingerprint density at radius 1 is 1.30 bits per heavy atom. The highest BCUT2D eigenvalue weighted by Gasteiger charge is 2.25. The first kappa shape index (κ1) is 20.0. The molecule has 0 radical (unpaired) electrons. The van der Waals surface area contributed by atoms with Gasteiger partial charge in [-0.05, 0) is 60.0 Å². The lowest BCUT2D eigenvalue weighted by Gasteiger charge is -2.35. The van der Waals surface area contributed by atoms with Gasteiger partial charge >= 0.3 is 6.09 Å². The van der Waals surface area contributed by atoms with Gasteiger partial charge in [0.25, 0.3) is 0 Å². The van der Waals surface area contributed by atoms with Gasteiger partial charge in [0, 0.05) is 32.2 Å². The average Bonchev–Trinajstić information content (AvgIpc) is 2.48. The van der Waals surface area contributed by atoms with Gasteiger partial charge in [-0.15, -0.1) is 6.58 Å². The summed E-state index contributed by atoms with van der Waals surface area (Å²) in [4.78, 5) is 16.3. The number of carbonyl (C=O) groups excluding carboxylic acids is 1. The summed E-state index contributed by atoms with van der Waals surface area (Å²) in [6.45, 7) is 17.2. The van der Waals surface area contributed by atoms with E-state index in [9.17, 15) is 4.79 Å². The lowest BCUT2D eigenvalue weighted by molar-refractivity contribution is 0.0144. The number of carbonyl (C=O) groups is 1. The van der Waals surface area contributed by atoms with Crippen molar-refractivity contribution >= 4 is 6.09 Å². The quantitative estimate of drug-likeness (QED) is 0.550. The standard InChI is InChI=1S/C18H35N3O2/c1-6-7-9-16(2)19-10-8-11-20-12-14-21(15-13-20)17(22)23-18(3,4)5/h6,16,19H,1,7-15H2,2-5H3. The van der Waals surface area contributed by atoms with E-state index >= 15 is 0 Å². The molecule has 0 aromatic rings. The third-order valence-electron chi connectivity index (χ3n) is 3.97. The molecule has 1 rings (SSSR count). The summed E-state index contributed by atoms with van der Waals surface area (Å²) in [6.07, 6.45) is 5.15. The van der Waals surface area contributed by atoms with Gasteiger partial charge in [-0.2, -0.15) is 0 Å². The lowest BCUT2D eigenvalue weighted by atomic mass is 10.2. The fourth-order valence-corrected chi connectivity index (χ4v) is 2.60. The molecule has 1 unspecified atom stereocenters. The van der Waals surface area contributed by atoms with Crippen LogP contribution >= 0.6 is 0 Å². The van der Waals surface area contributed by atoms with Gasteiger partial charge in [0.05, 0.1) is 0 Å². The van der Waals surface area contributed by atoms with E-state index in [2.05, 4.69) is 23.7 Å². The van der Waals surface area contributed by atoms with Gasteiger partial charge in [-0.3, -0.25) is 4.90 Å². The summed E-state index contributed by atoms with van der Waals surface area (Å²) in [5, 5.41) is 3.55. The molecule has 1 atom stereocenters. The van der Waals surface area contributed by atoms with Crippen molar-refractivity contribution in [3.8, 4) is 0 Å². The first-order valence-electron chi connectivity index (χ1n) is 8.86. The topological polar surface area (TPSA) is 44.8 Å². The Morgan fingerprint density at radius 3 is 2.52 bits per heavy atom. The molecule has 1 heterocycles. The van der Waals surface area contributed by atoms with Gasteiger partial charge in [-0.1, -0.05) is 6.08 Å². The van der Waals surface area contributed by atoms with Gasteiger partial charge < -0.3 is 15.0 Å². The maximum absolute atomic E-state index is 12.0. The Hall–Kier alpha value is -1.07. The summed E-state index contributed by atoms with van der Waals surface area (Å²) in [5.74, 6) is 0. The largest absolute Gasteiger partial charge is 0.444 e. The number of nitrogens with zero attached hydrogens (tertiary/aromatic N) is 2. The fourth-order valence-electron chi connectivity index (χ4n) is 2.60. The lowest BCUT2D eigenvalue weighted by Crippen LogP contribution is -2.50. The van der Waals surface area contributed by atoms with Gasteiger partial charge in [0.15, 0.2) is 0 Å². The summed E-state index contributed by atoms with van der Waals surface area (Å²) in [5.41, 5.74) is -0.415. The Morgan fingerprint density at radius 2 is 1.96 bits per heavy atom. The molecule has 1 aliphatic rings. The number of piperazine rings is 1. The van der Waals surface area contributed by atoms with Crippen LogP contribution < -0.4 is 5.32 Å². The molecule has 0 aromatic heterocycles. The maximum Gasteiger partial charge on any atom is 0.410 e. The molecule has 0 bridgehead atoms. The van der Waals surface area contributed by atoms with Crippen LogP contribution in [-0.4, -0.2) is 66.8 Å². The third kappa shape index (κ3) is 8.96. The second kappa shape index (κ2) is 9.93. The summed E-state index contributed by atoms with van der Waals surface area (Å²) < 4.78 is 5.42. The minimum atomic E-state index is -0.415. The van der Waals surface area contributed by atoms with E-state index in [4.69, 9.17) is 4.74 Å². The molecule has 1 saturated heterocycles. The molecule has 1 N–H and O–H groups in total. The first-order chi connectivity index (χ1) is 10.8. The van der Waals surface area contributed by atoms with Crippen LogP contribution in [0, 0.1) is 0 Å². The highest BCUT2D eigenvalue weighted by atomic mass is 16.6. The van der Waals surface area contributed by atoms with E-state index < -0.39 is 5.60 Å². The molecule has 5 heteroatoms. The van der Waals surface area contributed by atoms with Crippen molar-refractivity contribution in [2.45, 2.75) is 58.6 Å². The normalized spacial score (nSPS) is 17.8. The molecule has 0 saturated carbocycles. The molecule has 0 aliphatic carbocycles. The number of hydrogen-bond acceptors (Lipinski definition) is 4. The molecule has 0 spiro atoms. The zero-order valence-corrected chi connectivity index (χ0v) is 15.4. The second-order valence-electron chi connectivity index (χ2n) is 7.38. The number of rotatable bonds is 8. The van der Waals surface area contributed by atoms with E-state index in [1.54, 1.807) is 0 Å². The minimum absolute atomic E-state index is 0.185. The second-order valence-corrected chi connectivity index (χ2v) is 7.38. The molecule has 23 heavy (non-hydrogen) atoms. The Balaban J connectivity index is 2.12. The fraction of sp³-hybridized carbons (Fsp3) is 0.833. The smallest absolute Gasteiger partial charge is 0.410 e. The van der Waals surface area contributed by atoms with Crippen molar-refractivity contribution in [2.75, 3.05) is 39.3 Å². The number of ether oxygens (including phenoxy) is 1. The van der Waals surface area contributed by atoms with Crippen molar-refractivity contribution < 1.29 is 9.53 Å². The molecule has 1 amide bonds. The highest BCUT2D eigenvalue weighted by molar-refractivity contribution is 5.68. The van der Waals surface area contributed by atoms with Crippen LogP contribution in [0.25, 0.3) is 0 Å². The monoisotopic (exact) mass is 325 g/mol. The van der Waals surface area contributed by atoms with E-state index in [1.807, 2.05) is 31.7 Å². The zero-order chi connectivity index (χ0) is 17.3. The highest BCUT2D eigenvalue weighted by Crippen LogP contribution is 2.11. The molecule has 5 nitrogen and oxygen atoms in total. The van der Waals surface area contributed by atoms with Gasteiger partial charge in [0.1, 0.15) is 5.60 Å². The van der Waals surface area contributed by atoms with Crippen LogP contribution in [-0.2, 0) is 4.74 Å². The predicted molar refractivity (Wildman–Crippen MR) is 95.8 cm³/mol. The molecular formula is C18H35N3O2. The Labute approximate surface area is 142 Å². The van der Waals surface area contributed by atoms with Crippen LogP contribution in [0.3, 0.4) is 0 Å². The zero-order valence-electron chi connectivity index (χ0n) is 15.4. The predicted octanol–water partition coefficient (Wildman–Crippen LogP) is 2.87. The summed E-state index contributed by atoms with van der Waals surface area (Å²) in [6, 6.07) is 0.553. The molecule has 134 valence electrons. The summed E-state index contributed by atoms with van der Waals surface area (Å²) >= 11 is 0. The summed E-state index contributed by atoms with van der Waals surface area (Å²) in [7, 11) is 0. The van der Waals surface area contributed by atoms with Crippen LogP contribution in [0.2, 0.25) is 0 Å². The number of amides is 1. The molecular weight excluding hydrogens is 290 g/mol. The molecule has 0 aromatic carbocycles. The Bertz CT molecular complexity index is 358. The SMILES string of the molecule is C=CCCC(C)NCCCN1CCN(C(=O)OC(C)(C)C)CC1. The molecule has 1 aliphatic heterocycles. The van der Waals surface area contributed by atoms with Crippen molar-refractivity contribution in [2.24, 2.45) is 0 Å². The van der Waals surface area contributed by atoms with Crippen molar-refractivity contribution in [3.05, 3.63) is 12.7 Å². The van der Waals surface area contributed by atoms with E-state index in [0.717, 1.165) is 58.5 Å². The van der Waals surface area contributed by atoms with Crippen LogP contribution in [0.5, 0.6) is 0 Å². The third-order valence-corrected chi connectivity index (χ3v) is 3.97. The van der Waals surface area contributed by atoms with E-state index in [1.165, 1.54) is 0 Å². The van der Waals surface area contributed by atoms with Crippen molar-refractivity contribution in [1.29, 1.82) is 0 Å². The number of nitrogens with one attached hydrogen (secondary N) is 1.